The molecule has 74 valence electrons. The Morgan fingerprint density at radius 2 is 2.14 bits per heavy atom. The smallest absolute Gasteiger partial charge is 0.352 e. The topological polar surface area (TPSA) is 38.3 Å². The Morgan fingerprint density at radius 3 is 2.79 bits per heavy atom. The minimum atomic E-state index is -3.45. The number of carbonyl (C=O) groups excluding carboxylic acids is 1. The number of alkyl halides is 2. The molecular weight excluding hydrogens is 192 g/mol. The monoisotopic (exact) mass is 199 g/mol. The quantitative estimate of drug-likeness (QED) is 0.748. The van der Waals surface area contributed by atoms with Gasteiger partial charge < -0.3 is 10.1 Å². The van der Waals surface area contributed by atoms with Crippen molar-refractivity contribution in [3.05, 3.63) is 23.8 Å². The molecule has 3 nitrogen and oxygen atoms in total. The predicted octanol–water partition coefficient (Wildman–Crippen LogP) is 1.74. The lowest BCUT2D eigenvalue weighted by atomic mass is 10.1. The van der Waals surface area contributed by atoms with Crippen LogP contribution in [0.15, 0.2) is 18.2 Å². The molecule has 0 spiro atoms. The highest BCUT2D eigenvalue weighted by Crippen LogP contribution is 2.41. The number of methoxy groups -OCH3 is 1. The lowest BCUT2D eigenvalue weighted by Crippen LogP contribution is -2.23. The largest absolute Gasteiger partial charge is 0.497 e. The number of halogens is 2. The highest BCUT2D eigenvalue weighted by Gasteiger charge is 2.48. The third-order valence-electron chi connectivity index (χ3n) is 2.10. The van der Waals surface area contributed by atoms with E-state index in [1.807, 2.05) is 0 Å². The molecule has 0 saturated carbocycles. The van der Waals surface area contributed by atoms with Crippen molar-refractivity contribution in [1.29, 1.82) is 0 Å². The minimum Gasteiger partial charge on any atom is -0.497 e. The van der Waals surface area contributed by atoms with Crippen molar-refractivity contribution >= 4 is 11.6 Å². The molecule has 0 aromatic heterocycles. The summed E-state index contributed by atoms with van der Waals surface area (Å²) in [7, 11) is 1.38. The third-order valence-corrected chi connectivity index (χ3v) is 2.10. The molecule has 0 unspecified atom stereocenters. The van der Waals surface area contributed by atoms with E-state index in [-0.39, 0.29) is 11.3 Å². The molecule has 1 aliphatic rings. The zero-order chi connectivity index (χ0) is 10.3. The number of hydrogen-bond donors (Lipinski definition) is 1. The fraction of sp³-hybridized carbons (Fsp3) is 0.222. The molecule has 0 fully saturated rings. The zero-order valence-corrected chi connectivity index (χ0v) is 7.30. The van der Waals surface area contributed by atoms with E-state index < -0.39 is 11.8 Å². The van der Waals surface area contributed by atoms with Crippen LogP contribution in [0.2, 0.25) is 0 Å². The Bertz CT molecular complexity index is 404. The van der Waals surface area contributed by atoms with Crippen molar-refractivity contribution in [2.75, 3.05) is 12.4 Å². The first-order valence-electron chi connectivity index (χ1n) is 3.93. The fourth-order valence-electron chi connectivity index (χ4n) is 1.34. The molecule has 0 aliphatic carbocycles. The van der Waals surface area contributed by atoms with Crippen LogP contribution in [0.3, 0.4) is 0 Å². The molecule has 5 heteroatoms. The summed E-state index contributed by atoms with van der Waals surface area (Å²) in [6, 6.07) is 4.07. The Kier molecular flexibility index (Phi) is 1.70. The van der Waals surface area contributed by atoms with Crippen LogP contribution in [-0.2, 0) is 10.7 Å². The van der Waals surface area contributed by atoms with Crippen molar-refractivity contribution in [3.63, 3.8) is 0 Å². The molecule has 1 amide bonds. The fourth-order valence-corrected chi connectivity index (χ4v) is 1.34. The zero-order valence-electron chi connectivity index (χ0n) is 7.30. The van der Waals surface area contributed by atoms with Crippen molar-refractivity contribution < 1.29 is 18.3 Å². The summed E-state index contributed by atoms with van der Waals surface area (Å²) in [5.41, 5.74) is -0.192. The Labute approximate surface area is 78.7 Å². The lowest BCUT2D eigenvalue weighted by molar-refractivity contribution is -0.139. The highest BCUT2D eigenvalue weighted by molar-refractivity contribution is 6.03. The first-order valence-corrected chi connectivity index (χ1v) is 3.93. The van der Waals surface area contributed by atoms with Crippen molar-refractivity contribution in [1.82, 2.24) is 0 Å². The molecule has 1 N–H and O–H groups in total. The van der Waals surface area contributed by atoms with Gasteiger partial charge in [0.05, 0.1) is 18.4 Å². The Morgan fingerprint density at radius 1 is 1.43 bits per heavy atom. The summed E-state index contributed by atoms with van der Waals surface area (Å²) in [6.45, 7) is 0. The van der Waals surface area contributed by atoms with Crippen LogP contribution in [0.5, 0.6) is 5.75 Å². The molecule has 0 radical (unpaired) electrons. The van der Waals surface area contributed by atoms with Gasteiger partial charge in [-0.25, -0.2) is 0 Å². The van der Waals surface area contributed by atoms with E-state index in [1.165, 1.54) is 19.2 Å². The molecule has 1 aliphatic heterocycles. The van der Waals surface area contributed by atoms with Gasteiger partial charge in [0.15, 0.2) is 0 Å². The summed E-state index contributed by atoms with van der Waals surface area (Å²) in [5.74, 6) is -4.44. The first kappa shape index (κ1) is 8.93. The van der Waals surface area contributed by atoms with Crippen LogP contribution in [0.1, 0.15) is 5.56 Å². The van der Waals surface area contributed by atoms with Gasteiger partial charge in [-0.1, -0.05) is 0 Å². The van der Waals surface area contributed by atoms with Crippen molar-refractivity contribution in [2.24, 2.45) is 0 Å². The number of hydrogen-bond acceptors (Lipinski definition) is 2. The summed E-state index contributed by atoms with van der Waals surface area (Å²) in [4.78, 5) is 10.9. The lowest BCUT2D eigenvalue weighted by Gasteiger charge is -2.07. The van der Waals surface area contributed by atoms with E-state index >= 15 is 0 Å². The van der Waals surface area contributed by atoms with Crippen LogP contribution < -0.4 is 10.1 Å². The van der Waals surface area contributed by atoms with Crippen molar-refractivity contribution in [2.45, 2.75) is 5.92 Å². The van der Waals surface area contributed by atoms with Gasteiger partial charge in [-0.05, 0) is 18.2 Å². The van der Waals surface area contributed by atoms with E-state index in [1.54, 1.807) is 0 Å². The van der Waals surface area contributed by atoms with Crippen LogP contribution >= 0.6 is 0 Å². The predicted molar refractivity (Wildman–Crippen MR) is 45.5 cm³/mol. The maximum absolute atomic E-state index is 13.2. The summed E-state index contributed by atoms with van der Waals surface area (Å²) < 4.78 is 31.2. The average molecular weight is 199 g/mol. The number of anilines is 1. The van der Waals surface area contributed by atoms with E-state index in [0.29, 0.717) is 5.75 Å². The SMILES string of the molecule is COc1ccc2c(c1)C(F)(F)C(=O)N2. The number of benzene rings is 1. The number of rotatable bonds is 1. The molecule has 14 heavy (non-hydrogen) atoms. The molecule has 0 atom stereocenters. The van der Waals surface area contributed by atoms with Gasteiger partial charge in [0.2, 0.25) is 0 Å². The van der Waals surface area contributed by atoms with E-state index in [0.717, 1.165) is 6.07 Å². The Balaban J connectivity index is 2.56. The number of amides is 1. The standard InChI is InChI=1S/C9H7F2NO2/c1-14-5-2-3-7-6(4-5)9(10,11)8(13)12-7/h2-4H,1H3,(H,12,13). The molecule has 1 aromatic carbocycles. The minimum absolute atomic E-state index is 0.140. The molecule has 2 rings (SSSR count). The van der Waals surface area contributed by atoms with Gasteiger partial charge in [0.25, 0.3) is 5.91 Å². The second kappa shape index (κ2) is 2.67. The van der Waals surface area contributed by atoms with Gasteiger partial charge in [-0.3, -0.25) is 4.79 Å². The van der Waals surface area contributed by atoms with Gasteiger partial charge in [0, 0.05) is 0 Å². The number of fused-ring (bicyclic) bond motifs is 1. The third kappa shape index (κ3) is 1.05. The normalized spacial score (nSPS) is 17.5. The summed E-state index contributed by atoms with van der Waals surface area (Å²) in [6.07, 6.45) is 0. The van der Waals surface area contributed by atoms with Crippen LogP contribution in [-0.4, -0.2) is 13.0 Å². The van der Waals surface area contributed by atoms with Gasteiger partial charge in [-0.15, -0.1) is 0 Å². The van der Waals surface area contributed by atoms with Crippen LogP contribution in [0, 0.1) is 0 Å². The maximum atomic E-state index is 13.2. The number of nitrogens with one attached hydrogen (secondary N) is 1. The molecule has 0 bridgehead atoms. The summed E-state index contributed by atoms with van der Waals surface area (Å²) >= 11 is 0. The van der Waals surface area contributed by atoms with E-state index in [9.17, 15) is 13.6 Å². The maximum Gasteiger partial charge on any atom is 0.352 e. The van der Waals surface area contributed by atoms with E-state index in [4.69, 9.17) is 4.74 Å². The second-order valence-corrected chi connectivity index (χ2v) is 2.94. The highest BCUT2D eigenvalue weighted by atomic mass is 19.3. The van der Waals surface area contributed by atoms with Crippen LogP contribution in [0.4, 0.5) is 14.5 Å². The Hall–Kier alpha value is -1.65. The van der Waals surface area contributed by atoms with Gasteiger partial charge >= 0.3 is 5.92 Å². The van der Waals surface area contributed by atoms with E-state index in [2.05, 4.69) is 5.32 Å². The molecule has 1 aromatic rings. The first-order chi connectivity index (χ1) is 6.55. The summed E-state index contributed by atoms with van der Waals surface area (Å²) in [5, 5.41) is 2.09. The molecular formula is C9H7F2NO2. The number of carbonyl (C=O) groups is 1. The molecule has 0 saturated heterocycles. The van der Waals surface area contributed by atoms with Crippen LogP contribution in [0.25, 0.3) is 0 Å². The average Bonchev–Trinajstić information content (AvgIpc) is 2.38. The van der Waals surface area contributed by atoms with Gasteiger partial charge in [0.1, 0.15) is 5.75 Å². The second-order valence-electron chi connectivity index (χ2n) is 2.94. The van der Waals surface area contributed by atoms with Gasteiger partial charge in [-0.2, -0.15) is 8.78 Å². The molecule has 1 heterocycles. The number of ether oxygens (including phenoxy) is 1. The van der Waals surface area contributed by atoms with Crippen molar-refractivity contribution in [3.8, 4) is 5.75 Å².